The Labute approximate surface area is 261 Å². The van der Waals surface area contributed by atoms with Gasteiger partial charge in [-0.2, -0.15) is 0 Å². The molecule has 0 saturated carbocycles. The fourth-order valence-corrected chi connectivity index (χ4v) is 6.57. The Hall–Kier alpha value is -5.39. The first-order valence-electron chi connectivity index (χ1n) is 14.9. The molecule has 1 atom stereocenters. The van der Waals surface area contributed by atoms with E-state index in [0.29, 0.717) is 5.75 Å². The van der Waals surface area contributed by atoms with Crippen LogP contribution in [-0.4, -0.2) is 35.5 Å². The summed E-state index contributed by atoms with van der Waals surface area (Å²) < 4.78 is 10.9. The van der Waals surface area contributed by atoms with Crippen LogP contribution in [0.15, 0.2) is 133 Å². The number of phenols is 1. The van der Waals surface area contributed by atoms with Crippen molar-refractivity contribution in [2.75, 3.05) is 13.2 Å². The van der Waals surface area contributed by atoms with Gasteiger partial charge in [-0.3, -0.25) is 0 Å². The second-order valence-electron chi connectivity index (χ2n) is 11.7. The number of rotatable bonds is 8. The van der Waals surface area contributed by atoms with Gasteiger partial charge in [0.05, 0.1) is 5.41 Å². The van der Waals surface area contributed by atoms with Crippen LogP contribution in [0.4, 0.5) is 0 Å². The highest BCUT2D eigenvalue weighted by Gasteiger charge is 2.46. The van der Waals surface area contributed by atoms with Crippen LogP contribution in [0.5, 0.6) is 11.5 Å². The van der Waals surface area contributed by atoms with Crippen molar-refractivity contribution in [2.45, 2.75) is 18.4 Å². The topological polar surface area (TPSA) is 76.0 Å². The Kier molecular flexibility index (Phi) is 7.11. The number of aliphatic hydroxyl groups is 1. The molecule has 0 fully saturated rings. The van der Waals surface area contributed by atoms with Gasteiger partial charge in [-0.25, -0.2) is 4.79 Å². The van der Waals surface area contributed by atoms with E-state index < -0.39 is 17.5 Å². The minimum atomic E-state index is -0.959. The summed E-state index contributed by atoms with van der Waals surface area (Å²) in [7, 11) is 0. The third-order valence-electron chi connectivity index (χ3n) is 8.65. The van der Waals surface area contributed by atoms with Crippen molar-refractivity contribution >= 4 is 27.5 Å². The third-order valence-corrected chi connectivity index (χ3v) is 8.65. The van der Waals surface area contributed by atoms with E-state index in [9.17, 15) is 15.0 Å². The quantitative estimate of drug-likeness (QED) is 0.139. The maximum absolute atomic E-state index is 11.6. The predicted molar refractivity (Wildman–Crippen MR) is 178 cm³/mol. The number of esters is 1. The van der Waals surface area contributed by atoms with Gasteiger partial charge in [-0.1, -0.05) is 91.5 Å². The Morgan fingerprint density at radius 1 is 0.711 bits per heavy atom. The van der Waals surface area contributed by atoms with E-state index in [0.717, 1.165) is 32.7 Å². The Morgan fingerprint density at radius 2 is 1.24 bits per heavy atom. The van der Waals surface area contributed by atoms with Gasteiger partial charge in [0.25, 0.3) is 0 Å². The Balaban J connectivity index is 1.30. The molecule has 0 spiro atoms. The SMILES string of the molecule is C=C(C)C(=O)OCC(O)COc1ccc2cc(C3(c4ccc5cc(O)ccc5c4)c4ccccc4-c4ccccc43)ccc2c1. The minimum absolute atomic E-state index is 0.0104. The summed E-state index contributed by atoms with van der Waals surface area (Å²) in [4.78, 5) is 11.6. The molecule has 7 rings (SSSR count). The number of aliphatic hydroxyl groups excluding tert-OH is 1. The van der Waals surface area contributed by atoms with Crippen molar-refractivity contribution in [3.63, 3.8) is 0 Å². The molecule has 0 heterocycles. The summed E-state index contributed by atoms with van der Waals surface area (Å²) >= 11 is 0. The summed E-state index contributed by atoms with van der Waals surface area (Å²) in [6, 6.07) is 41.7. The summed E-state index contributed by atoms with van der Waals surface area (Å²) in [6.07, 6.45) is -0.959. The van der Waals surface area contributed by atoms with Gasteiger partial charge in [0.1, 0.15) is 30.8 Å². The molecule has 0 radical (unpaired) electrons. The van der Waals surface area contributed by atoms with Crippen LogP contribution in [0, 0.1) is 0 Å². The van der Waals surface area contributed by atoms with Crippen molar-refractivity contribution in [2.24, 2.45) is 0 Å². The Bertz CT molecular complexity index is 2060. The maximum atomic E-state index is 11.6. The van der Waals surface area contributed by atoms with Crippen LogP contribution < -0.4 is 4.74 Å². The van der Waals surface area contributed by atoms with E-state index in [1.54, 1.807) is 19.1 Å². The zero-order chi connectivity index (χ0) is 31.1. The number of fused-ring (bicyclic) bond motifs is 5. The highest BCUT2D eigenvalue weighted by atomic mass is 16.5. The molecular weight excluding hydrogens is 560 g/mol. The lowest BCUT2D eigenvalue weighted by molar-refractivity contribution is -0.142. The van der Waals surface area contributed by atoms with Gasteiger partial charge >= 0.3 is 5.97 Å². The van der Waals surface area contributed by atoms with E-state index in [1.165, 1.54) is 22.3 Å². The van der Waals surface area contributed by atoms with Crippen LogP contribution in [0.2, 0.25) is 0 Å². The van der Waals surface area contributed by atoms with Crippen molar-refractivity contribution in [3.05, 3.63) is 156 Å². The van der Waals surface area contributed by atoms with Crippen LogP contribution >= 0.6 is 0 Å². The summed E-state index contributed by atoms with van der Waals surface area (Å²) in [6.45, 7) is 4.94. The van der Waals surface area contributed by atoms with Crippen molar-refractivity contribution in [1.82, 2.24) is 0 Å². The first-order valence-corrected chi connectivity index (χ1v) is 14.9. The van der Waals surface area contributed by atoms with Crippen molar-refractivity contribution < 1.29 is 24.5 Å². The molecule has 222 valence electrons. The molecule has 5 nitrogen and oxygen atoms in total. The number of ether oxygens (including phenoxy) is 2. The maximum Gasteiger partial charge on any atom is 0.333 e. The van der Waals surface area contributed by atoms with Gasteiger partial charge < -0.3 is 19.7 Å². The van der Waals surface area contributed by atoms with Gasteiger partial charge in [0.2, 0.25) is 0 Å². The highest BCUT2D eigenvalue weighted by Crippen LogP contribution is 2.56. The second kappa shape index (κ2) is 11.3. The van der Waals surface area contributed by atoms with Crippen molar-refractivity contribution in [1.29, 1.82) is 0 Å². The summed E-state index contributed by atoms with van der Waals surface area (Å²) in [5.74, 6) is 0.327. The first-order chi connectivity index (χ1) is 21.8. The van der Waals surface area contributed by atoms with Gasteiger partial charge in [0.15, 0.2) is 0 Å². The Morgan fingerprint density at radius 3 is 1.87 bits per heavy atom. The largest absolute Gasteiger partial charge is 0.508 e. The molecule has 0 amide bonds. The summed E-state index contributed by atoms with van der Waals surface area (Å²) in [5, 5.41) is 24.5. The molecule has 2 N–H and O–H groups in total. The fourth-order valence-electron chi connectivity index (χ4n) is 6.57. The lowest BCUT2D eigenvalue weighted by atomic mass is 9.67. The number of benzene rings is 6. The lowest BCUT2D eigenvalue weighted by Crippen LogP contribution is -2.28. The molecule has 0 saturated heterocycles. The molecule has 1 aliphatic carbocycles. The molecule has 0 aliphatic heterocycles. The van der Waals surface area contributed by atoms with Crippen LogP contribution in [0.1, 0.15) is 29.2 Å². The third kappa shape index (κ3) is 4.91. The van der Waals surface area contributed by atoms with Crippen LogP contribution in [0.25, 0.3) is 32.7 Å². The van der Waals surface area contributed by atoms with Gasteiger partial charge in [-0.05, 0) is 98.2 Å². The average molecular weight is 593 g/mol. The summed E-state index contributed by atoms with van der Waals surface area (Å²) in [5.41, 5.74) is 6.91. The van der Waals surface area contributed by atoms with E-state index in [-0.39, 0.29) is 24.5 Å². The molecule has 6 aromatic rings. The van der Waals surface area contributed by atoms with Crippen molar-refractivity contribution in [3.8, 4) is 22.6 Å². The number of carbonyl (C=O) groups is 1. The molecule has 45 heavy (non-hydrogen) atoms. The van der Waals surface area contributed by atoms with Gasteiger partial charge in [0, 0.05) is 5.57 Å². The number of hydrogen-bond donors (Lipinski definition) is 2. The van der Waals surface area contributed by atoms with Crippen LogP contribution in [-0.2, 0) is 14.9 Å². The fraction of sp³-hybridized carbons (Fsp3) is 0.125. The average Bonchev–Trinajstić information content (AvgIpc) is 3.36. The molecule has 6 aromatic carbocycles. The molecule has 0 aromatic heterocycles. The smallest absolute Gasteiger partial charge is 0.333 e. The molecule has 5 heteroatoms. The van der Waals surface area contributed by atoms with Crippen LogP contribution in [0.3, 0.4) is 0 Å². The molecule has 1 unspecified atom stereocenters. The number of aromatic hydroxyl groups is 1. The number of hydrogen-bond acceptors (Lipinski definition) is 5. The standard InChI is InChI=1S/C40H32O5/c1-25(2)39(43)45-24-33(42)23-44-34-18-14-27-20-31(16-12-29(27)22-34)40(30-15-11-28-21-32(41)17-13-26(28)19-30)37-9-5-3-7-35(37)36-8-4-6-10-38(36)40/h3-22,33,41-42H,1,23-24H2,2H3. The lowest BCUT2D eigenvalue weighted by Gasteiger charge is -2.34. The predicted octanol–water partition coefficient (Wildman–Crippen LogP) is 7.92. The molecule has 0 bridgehead atoms. The van der Waals surface area contributed by atoms with Gasteiger partial charge in [-0.15, -0.1) is 0 Å². The number of carbonyl (C=O) groups excluding carboxylic acids is 1. The monoisotopic (exact) mass is 592 g/mol. The van der Waals surface area contributed by atoms with E-state index in [1.807, 2.05) is 24.3 Å². The molecular formula is C40H32O5. The second-order valence-corrected chi connectivity index (χ2v) is 11.7. The normalized spacial score (nSPS) is 13.6. The zero-order valence-corrected chi connectivity index (χ0v) is 24.9. The number of phenolic OH excluding ortho intramolecular Hbond substituents is 1. The van der Waals surface area contributed by atoms with E-state index in [4.69, 9.17) is 9.47 Å². The molecule has 1 aliphatic rings. The first kappa shape index (κ1) is 28.4. The van der Waals surface area contributed by atoms with E-state index >= 15 is 0 Å². The zero-order valence-electron chi connectivity index (χ0n) is 24.9. The minimum Gasteiger partial charge on any atom is -0.508 e. The highest BCUT2D eigenvalue weighted by molar-refractivity contribution is 5.92. The van der Waals surface area contributed by atoms with E-state index in [2.05, 4.69) is 91.5 Å².